The van der Waals surface area contributed by atoms with Crippen molar-refractivity contribution in [3.8, 4) is 0 Å². The fourth-order valence-corrected chi connectivity index (χ4v) is 3.17. The van der Waals surface area contributed by atoms with E-state index in [4.69, 9.17) is 14.2 Å². The number of carbonyl (C=O) groups is 2. The van der Waals surface area contributed by atoms with Gasteiger partial charge in [-0.1, -0.05) is 6.07 Å². The van der Waals surface area contributed by atoms with Crippen molar-refractivity contribution in [3.05, 3.63) is 29.8 Å². The van der Waals surface area contributed by atoms with Gasteiger partial charge in [-0.3, -0.25) is 10.1 Å². The van der Waals surface area contributed by atoms with Crippen molar-refractivity contribution >= 4 is 17.7 Å². The summed E-state index contributed by atoms with van der Waals surface area (Å²) in [7, 11) is 0. The van der Waals surface area contributed by atoms with Gasteiger partial charge in [-0.15, -0.1) is 0 Å². The van der Waals surface area contributed by atoms with Crippen LogP contribution in [0, 0.1) is 0 Å². The number of amides is 2. The number of hydrogen-bond acceptors (Lipinski definition) is 5. The van der Waals surface area contributed by atoms with Gasteiger partial charge in [0.15, 0.2) is 5.79 Å². The Bertz CT molecular complexity index is 667. The Morgan fingerprint density at radius 1 is 1.15 bits per heavy atom. The fraction of sp³-hybridized carbons (Fsp3) is 0.579. The van der Waals surface area contributed by atoms with E-state index in [1.807, 2.05) is 0 Å². The summed E-state index contributed by atoms with van der Waals surface area (Å²) >= 11 is 0. The molecule has 7 heteroatoms. The van der Waals surface area contributed by atoms with Crippen LogP contribution in [0.1, 0.15) is 44.0 Å². The van der Waals surface area contributed by atoms with Crippen LogP contribution in [-0.2, 0) is 14.2 Å². The molecule has 26 heavy (non-hydrogen) atoms. The van der Waals surface area contributed by atoms with Gasteiger partial charge in [-0.2, -0.15) is 0 Å². The maximum absolute atomic E-state index is 12.8. The van der Waals surface area contributed by atoms with Crippen molar-refractivity contribution in [2.75, 3.05) is 31.6 Å². The lowest BCUT2D eigenvalue weighted by Crippen LogP contribution is -2.47. The summed E-state index contributed by atoms with van der Waals surface area (Å²) in [6, 6.07) is 6.88. The van der Waals surface area contributed by atoms with Crippen LogP contribution in [0.4, 0.5) is 10.5 Å². The molecule has 2 fully saturated rings. The Morgan fingerprint density at radius 2 is 1.81 bits per heavy atom. The number of rotatable bonds is 2. The Hall–Kier alpha value is -2.12. The predicted octanol–water partition coefficient (Wildman–Crippen LogP) is 3.01. The molecule has 1 aromatic carbocycles. The molecule has 0 aliphatic carbocycles. The Kier molecular flexibility index (Phi) is 5.20. The summed E-state index contributed by atoms with van der Waals surface area (Å²) in [6.45, 7) is 7.80. The molecule has 1 aromatic rings. The minimum absolute atomic E-state index is 0.0642. The van der Waals surface area contributed by atoms with Crippen LogP contribution >= 0.6 is 0 Å². The first-order chi connectivity index (χ1) is 12.3. The first-order valence-electron chi connectivity index (χ1n) is 8.94. The number of likely N-dealkylation sites (tertiary alicyclic amines) is 1. The third-order valence-electron chi connectivity index (χ3n) is 4.38. The van der Waals surface area contributed by atoms with Gasteiger partial charge in [0.1, 0.15) is 5.60 Å². The van der Waals surface area contributed by atoms with Crippen LogP contribution in [0.5, 0.6) is 0 Å². The van der Waals surface area contributed by atoms with E-state index in [2.05, 4.69) is 5.32 Å². The molecule has 3 rings (SSSR count). The largest absolute Gasteiger partial charge is 0.444 e. The van der Waals surface area contributed by atoms with E-state index in [0.29, 0.717) is 50.4 Å². The Labute approximate surface area is 153 Å². The normalized spacial score (nSPS) is 19.4. The van der Waals surface area contributed by atoms with Gasteiger partial charge in [0.25, 0.3) is 5.91 Å². The van der Waals surface area contributed by atoms with Crippen molar-refractivity contribution in [3.63, 3.8) is 0 Å². The second-order valence-corrected chi connectivity index (χ2v) is 7.61. The van der Waals surface area contributed by atoms with Crippen molar-refractivity contribution < 1.29 is 23.8 Å². The molecule has 2 aliphatic heterocycles. The quantitative estimate of drug-likeness (QED) is 0.875. The molecule has 0 bridgehead atoms. The third kappa shape index (κ3) is 4.53. The molecule has 1 spiro atoms. The van der Waals surface area contributed by atoms with Gasteiger partial charge in [0.2, 0.25) is 0 Å². The highest BCUT2D eigenvalue weighted by atomic mass is 16.7. The lowest BCUT2D eigenvalue weighted by Gasteiger charge is -2.37. The predicted molar refractivity (Wildman–Crippen MR) is 96.1 cm³/mol. The molecule has 2 aliphatic rings. The molecular formula is C19H26N2O5. The van der Waals surface area contributed by atoms with Gasteiger partial charge in [0.05, 0.1) is 13.2 Å². The van der Waals surface area contributed by atoms with E-state index < -0.39 is 17.5 Å². The van der Waals surface area contributed by atoms with E-state index in [9.17, 15) is 9.59 Å². The molecule has 2 heterocycles. The minimum Gasteiger partial charge on any atom is -0.444 e. The van der Waals surface area contributed by atoms with Crippen molar-refractivity contribution in [2.45, 2.75) is 45.0 Å². The molecule has 0 atom stereocenters. The Morgan fingerprint density at radius 3 is 2.42 bits per heavy atom. The standard InChI is InChI=1S/C19H26N2O5/c1-18(2,3)26-17(23)20-15-6-4-5-14(13-15)16(22)21-9-7-19(8-10-21)24-11-12-25-19/h4-6,13H,7-12H2,1-3H3,(H,20,23). The molecule has 2 saturated heterocycles. The second-order valence-electron chi connectivity index (χ2n) is 7.61. The molecule has 0 saturated carbocycles. The molecule has 0 radical (unpaired) electrons. The summed E-state index contributed by atoms with van der Waals surface area (Å²) in [5.41, 5.74) is 0.481. The summed E-state index contributed by atoms with van der Waals surface area (Å²) in [5, 5.41) is 2.66. The van der Waals surface area contributed by atoms with Crippen molar-refractivity contribution in [1.82, 2.24) is 4.90 Å². The smallest absolute Gasteiger partial charge is 0.412 e. The van der Waals surface area contributed by atoms with Crippen LogP contribution in [0.3, 0.4) is 0 Å². The summed E-state index contributed by atoms with van der Waals surface area (Å²) in [4.78, 5) is 26.5. The van der Waals surface area contributed by atoms with Gasteiger partial charge < -0.3 is 19.1 Å². The molecule has 142 valence electrons. The summed E-state index contributed by atoms with van der Waals surface area (Å²) in [6.07, 6.45) is 0.806. The monoisotopic (exact) mass is 362 g/mol. The van der Waals surface area contributed by atoms with Crippen molar-refractivity contribution in [1.29, 1.82) is 0 Å². The van der Waals surface area contributed by atoms with Crippen LogP contribution in [0.25, 0.3) is 0 Å². The van der Waals surface area contributed by atoms with Gasteiger partial charge in [-0.25, -0.2) is 4.79 Å². The molecule has 0 aromatic heterocycles. The average Bonchev–Trinajstić information content (AvgIpc) is 3.01. The summed E-state index contributed by atoms with van der Waals surface area (Å²) < 4.78 is 16.6. The molecule has 2 amide bonds. The molecular weight excluding hydrogens is 336 g/mol. The zero-order chi connectivity index (χ0) is 18.8. The number of nitrogens with one attached hydrogen (secondary N) is 1. The Balaban J connectivity index is 1.61. The van der Waals surface area contributed by atoms with E-state index in [-0.39, 0.29) is 5.91 Å². The zero-order valence-corrected chi connectivity index (χ0v) is 15.5. The SMILES string of the molecule is CC(C)(C)OC(=O)Nc1cccc(C(=O)N2CCC3(CC2)OCCO3)c1. The number of ether oxygens (including phenoxy) is 3. The van der Waals surface area contributed by atoms with Crippen LogP contribution < -0.4 is 5.32 Å². The van der Waals surface area contributed by atoms with Gasteiger partial charge >= 0.3 is 6.09 Å². The number of nitrogens with zero attached hydrogens (tertiary/aromatic N) is 1. The van der Waals surface area contributed by atoms with E-state index in [1.54, 1.807) is 49.9 Å². The highest BCUT2D eigenvalue weighted by Crippen LogP contribution is 2.31. The van der Waals surface area contributed by atoms with Crippen LogP contribution in [0.2, 0.25) is 0 Å². The van der Waals surface area contributed by atoms with Crippen molar-refractivity contribution in [2.24, 2.45) is 0 Å². The number of piperidine rings is 1. The highest BCUT2D eigenvalue weighted by Gasteiger charge is 2.40. The molecule has 1 N–H and O–H groups in total. The molecule has 7 nitrogen and oxygen atoms in total. The first kappa shape index (κ1) is 18.7. The van der Waals surface area contributed by atoms with E-state index >= 15 is 0 Å². The zero-order valence-electron chi connectivity index (χ0n) is 15.5. The van der Waals surface area contributed by atoms with E-state index in [0.717, 1.165) is 0 Å². The van der Waals surface area contributed by atoms with E-state index in [1.165, 1.54) is 0 Å². The van der Waals surface area contributed by atoms with Crippen LogP contribution in [0.15, 0.2) is 24.3 Å². The lowest BCUT2D eigenvalue weighted by atomic mass is 10.0. The number of anilines is 1. The first-order valence-corrected chi connectivity index (χ1v) is 8.94. The van der Waals surface area contributed by atoms with Gasteiger partial charge in [-0.05, 0) is 39.0 Å². The number of carbonyl (C=O) groups excluding carboxylic acids is 2. The maximum atomic E-state index is 12.8. The lowest BCUT2D eigenvalue weighted by molar-refractivity contribution is -0.181. The summed E-state index contributed by atoms with van der Waals surface area (Å²) in [5.74, 6) is -0.567. The molecule has 0 unspecified atom stereocenters. The maximum Gasteiger partial charge on any atom is 0.412 e. The highest BCUT2D eigenvalue weighted by molar-refractivity contribution is 5.96. The third-order valence-corrected chi connectivity index (χ3v) is 4.38. The van der Waals surface area contributed by atoms with Crippen LogP contribution in [-0.4, -0.2) is 54.6 Å². The second kappa shape index (κ2) is 7.25. The van der Waals surface area contributed by atoms with Gasteiger partial charge in [0, 0.05) is 37.2 Å². The average molecular weight is 362 g/mol. The fourth-order valence-electron chi connectivity index (χ4n) is 3.17. The number of hydrogen-bond donors (Lipinski definition) is 1. The number of benzene rings is 1. The minimum atomic E-state index is -0.578. The topological polar surface area (TPSA) is 77.1 Å².